The smallest absolute Gasteiger partial charge is 0.0689 e. The molecule has 0 bridgehead atoms. The monoisotopic (exact) mass is 227 g/mol. The summed E-state index contributed by atoms with van der Waals surface area (Å²) >= 11 is 0. The lowest BCUT2D eigenvalue weighted by Gasteiger charge is -2.25. The van der Waals surface area contributed by atoms with Gasteiger partial charge in [0.15, 0.2) is 0 Å². The number of rotatable bonds is 5. The Morgan fingerprint density at radius 3 is 2.62 bits per heavy atom. The van der Waals surface area contributed by atoms with Crippen molar-refractivity contribution in [2.45, 2.75) is 59.0 Å². The molecular formula is C14H29NO. The molecule has 0 aromatic heterocycles. The number of β-amino-alcohol motifs (C(OH)–C–C–N with tert-alkyl or cyclic N) is 1. The minimum atomic E-state index is -0.150. The second-order valence-electron chi connectivity index (χ2n) is 5.70. The molecule has 0 radical (unpaired) electrons. The average Bonchev–Trinajstić information content (AvgIpc) is 2.44. The lowest BCUT2D eigenvalue weighted by molar-refractivity contribution is 0.0772. The van der Waals surface area contributed by atoms with Crippen LogP contribution in [0.3, 0.4) is 0 Å². The molecule has 2 atom stereocenters. The fourth-order valence-corrected chi connectivity index (χ4v) is 2.58. The van der Waals surface area contributed by atoms with E-state index in [0.29, 0.717) is 5.92 Å². The number of hydrogen-bond donors (Lipinski definition) is 1. The number of nitrogens with zero attached hydrogens (tertiary/aromatic N) is 1. The third kappa shape index (κ3) is 4.84. The zero-order chi connectivity index (χ0) is 12.0. The first-order valence-corrected chi connectivity index (χ1v) is 7.04. The molecular weight excluding hydrogens is 198 g/mol. The van der Waals surface area contributed by atoms with Gasteiger partial charge in [-0.1, -0.05) is 33.6 Å². The molecule has 2 nitrogen and oxygen atoms in total. The summed E-state index contributed by atoms with van der Waals surface area (Å²) < 4.78 is 0. The summed E-state index contributed by atoms with van der Waals surface area (Å²) in [5, 5.41) is 9.90. The van der Waals surface area contributed by atoms with Crippen molar-refractivity contribution in [1.82, 2.24) is 4.90 Å². The standard InChI is InChI=1S/C14H29NO/c1-4-6-13-7-5-9-15(10-8-13)11-14(16)12(2)3/h12-14,16H,4-11H2,1-3H3. The summed E-state index contributed by atoms with van der Waals surface area (Å²) in [6, 6.07) is 0. The summed E-state index contributed by atoms with van der Waals surface area (Å²) in [7, 11) is 0. The van der Waals surface area contributed by atoms with Crippen molar-refractivity contribution in [3.63, 3.8) is 0 Å². The molecule has 1 aliphatic heterocycles. The Hall–Kier alpha value is -0.0800. The van der Waals surface area contributed by atoms with Gasteiger partial charge in [-0.25, -0.2) is 0 Å². The number of aliphatic hydroxyl groups is 1. The number of likely N-dealkylation sites (tertiary alicyclic amines) is 1. The summed E-state index contributed by atoms with van der Waals surface area (Å²) in [4.78, 5) is 2.46. The second-order valence-corrected chi connectivity index (χ2v) is 5.70. The first-order valence-electron chi connectivity index (χ1n) is 7.04. The van der Waals surface area contributed by atoms with Gasteiger partial charge in [0.1, 0.15) is 0 Å². The minimum Gasteiger partial charge on any atom is -0.392 e. The average molecular weight is 227 g/mol. The molecule has 1 N–H and O–H groups in total. The predicted octanol–water partition coefficient (Wildman–Crippen LogP) is 2.91. The van der Waals surface area contributed by atoms with E-state index < -0.39 is 0 Å². The molecule has 1 saturated heterocycles. The highest BCUT2D eigenvalue weighted by Gasteiger charge is 2.19. The van der Waals surface area contributed by atoms with Crippen LogP contribution in [0.1, 0.15) is 52.9 Å². The Morgan fingerprint density at radius 2 is 2.00 bits per heavy atom. The summed E-state index contributed by atoms with van der Waals surface area (Å²) in [5.74, 6) is 1.32. The van der Waals surface area contributed by atoms with E-state index in [-0.39, 0.29) is 6.10 Å². The van der Waals surface area contributed by atoms with Crippen LogP contribution in [0.25, 0.3) is 0 Å². The van der Waals surface area contributed by atoms with Gasteiger partial charge in [0.25, 0.3) is 0 Å². The van der Waals surface area contributed by atoms with E-state index in [0.717, 1.165) is 12.5 Å². The van der Waals surface area contributed by atoms with Gasteiger partial charge in [-0.3, -0.25) is 0 Å². The number of aliphatic hydroxyl groups excluding tert-OH is 1. The molecule has 96 valence electrons. The van der Waals surface area contributed by atoms with Crippen molar-refractivity contribution in [3.8, 4) is 0 Å². The minimum absolute atomic E-state index is 0.150. The molecule has 1 rings (SSSR count). The zero-order valence-electron chi connectivity index (χ0n) is 11.3. The molecule has 2 heteroatoms. The van der Waals surface area contributed by atoms with Gasteiger partial charge in [0.05, 0.1) is 6.10 Å². The van der Waals surface area contributed by atoms with Crippen LogP contribution in [0, 0.1) is 11.8 Å². The second kappa shape index (κ2) is 7.29. The zero-order valence-corrected chi connectivity index (χ0v) is 11.3. The van der Waals surface area contributed by atoms with Crippen molar-refractivity contribution in [2.75, 3.05) is 19.6 Å². The Bertz CT molecular complexity index is 182. The van der Waals surface area contributed by atoms with Gasteiger partial charge in [0.2, 0.25) is 0 Å². The largest absolute Gasteiger partial charge is 0.392 e. The van der Waals surface area contributed by atoms with E-state index in [1.807, 2.05) is 0 Å². The SMILES string of the molecule is CCCC1CCCN(CC(O)C(C)C)CC1. The van der Waals surface area contributed by atoms with Gasteiger partial charge in [-0.15, -0.1) is 0 Å². The van der Waals surface area contributed by atoms with Crippen LogP contribution in [-0.2, 0) is 0 Å². The topological polar surface area (TPSA) is 23.5 Å². The van der Waals surface area contributed by atoms with Crippen LogP contribution in [0.15, 0.2) is 0 Å². The fourth-order valence-electron chi connectivity index (χ4n) is 2.58. The number of hydrogen-bond acceptors (Lipinski definition) is 2. The van der Waals surface area contributed by atoms with Crippen molar-refractivity contribution < 1.29 is 5.11 Å². The molecule has 0 aromatic carbocycles. The van der Waals surface area contributed by atoms with Crippen LogP contribution >= 0.6 is 0 Å². The third-order valence-corrected chi connectivity index (χ3v) is 3.85. The molecule has 1 fully saturated rings. The van der Waals surface area contributed by atoms with Gasteiger partial charge in [-0.2, -0.15) is 0 Å². The van der Waals surface area contributed by atoms with Gasteiger partial charge in [-0.05, 0) is 44.2 Å². The van der Waals surface area contributed by atoms with Gasteiger partial charge < -0.3 is 10.0 Å². The molecule has 16 heavy (non-hydrogen) atoms. The van der Waals surface area contributed by atoms with Crippen LogP contribution < -0.4 is 0 Å². The molecule has 1 aliphatic rings. The van der Waals surface area contributed by atoms with Crippen molar-refractivity contribution in [1.29, 1.82) is 0 Å². The van der Waals surface area contributed by atoms with E-state index in [9.17, 15) is 5.11 Å². The lowest BCUT2D eigenvalue weighted by atomic mass is 9.96. The van der Waals surface area contributed by atoms with Gasteiger partial charge in [0, 0.05) is 6.54 Å². The first kappa shape index (κ1) is 14.0. The normalized spacial score (nSPS) is 25.7. The Kier molecular flexibility index (Phi) is 6.37. The van der Waals surface area contributed by atoms with E-state index in [2.05, 4.69) is 25.7 Å². The molecule has 0 amide bonds. The summed E-state index contributed by atoms with van der Waals surface area (Å²) in [6.45, 7) is 9.73. The molecule has 0 spiro atoms. The highest BCUT2D eigenvalue weighted by molar-refractivity contribution is 4.73. The van der Waals surface area contributed by atoms with Crippen molar-refractivity contribution in [2.24, 2.45) is 11.8 Å². The Balaban J connectivity index is 2.29. The highest BCUT2D eigenvalue weighted by atomic mass is 16.3. The van der Waals surface area contributed by atoms with Crippen LogP contribution in [0.5, 0.6) is 0 Å². The molecule has 0 saturated carbocycles. The van der Waals surface area contributed by atoms with Crippen LogP contribution in [0.4, 0.5) is 0 Å². The highest BCUT2D eigenvalue weighted by Crippen LogP contribution is 2.22. The molecule has 0 aromatic rings. The van der Waals surface area contributed by atoms with Crippen molar-refractivity contribution >= 4 is 0 Å². The molecule has 2 unspecified atom stereocenters. The van der Waals surface area contributed by atoms with E-state index in [1.165, 1.54) is 45.2 Å². The Morgan fingerprint density at radius 1 is 1.25 bits per heavy atom. The van der Waals surface area contributed by atoms with E-state index >= 15 is 0 Å². The van der Waals surface area contributed by atoms with E-state index in [1.54, 1.807) is 0 Å². The quantitative estimate of drug-likeness (QED) is 0.780. The fraction of sp³-hybridized carbons (Fsp3) is 1.00. The third-order valence-electron chi connectivity index (χ3n) is 3.85. The maximum atomic E-state index is 9.90. The van der Waals surface area contributed by atoms with Crippen molar-refractivity contribution in [3.05, 3.63) is 0 Å². The summed E-state index contributed by atoms with van der Waals surface area (Å²) in [6.07, 6.45) is 6.60. The first-order chi connectivity index (χ1) is 7.63. The maximum absolute atomic E-state index is 9.90. The predicted molar refractivity (Wildman–Crippen MR) is 69.5 cm³/mol. The van der Waals surface area contributed by atoms with E-state index in [4.69, 9.17) is 0 Å². The Labute approximate surface area is 101 Å². The van der Waals surface area contributed by atoms with Crippen LogP contribution in [-0.4, -0.2) is 35.7 Å². The van der Waals surface area contributed by atoms with Crippen LogP contribution in [0.2, 0.25) is 0 Å². The molecule has 1 heterocycles. The maximum Gasteiger partial charge on any atom is 0.0689 e. The van der Waals surface area contributed by atoms with Gasteiger partial charge >= 0.3 is 0 Å². The molecule has 0 aliphatic carbocycles. The summed E-state index contributed by atoms with van der Waals surface area (Å²) in [5.41, 5.74) is 0. The lowest BCUT2D eigenvalue weighted by Crippen LogP contribution is -2.35.